The Labute approximate surface area is 142 Å². The SMILES string of the molecule is CCC[CH2][Sn]([CH2]CCC)([CH2]CCC)[c]1cn2cnc(F)c2s1. The van der Waals surface area contributed by atoms with E-state index in [-0.39, 0.29) is 5.95 Å². The second kappa shape index (κ2) is 8.67. The van der Waals surface area contributed by atoms with Crippen molar-refractivity contribution in [2.75, 3.05) is 0 Å². The van der Waals surface area contributed by atoms with Crippen molar-refractivity contribution in [2.45, 2.75) is 72.6 Å². The molecule has 22 heavy (non-hydrogen) atoms. The van der Waals surface area contributed by atoms with Crippen LogP contribution in [0.5, 0.6) is 0 Å². The molecule has 2 aromatic rings. The van der Waals surface area contributed by atoms with Crippen LogP contribution in [0, 0.1) is 5.95 Å². The fourth-order valence-electron chi connectivity index (χ4n) is 3.31. The number of hydrogen-bond acceptors (Lipinski definition) is 2. The van der Waals surface area contributed by atoms with Crippen LogP contribution in [-0.4, -0.2) is 27.8 Å². The fraction of sp³-hybridized carbons (Fsp3) is 0.706. The molecule has 0 fully saturated rings. The molecule has 0 aliphatic carbocycles. The van der Waals surface area contributed by atoms with E-state index in [0.29, 0.717) is 0 Å². The molecule has 0 bridgehead atoms. The minimum atomic E-state index is -2.39. The summed E-state index contributed by atoms with van der Waals surface area (Å²) in [6.45, 7) is 6.87. The summed E-state index contributed by atoms with van der Waals surface area (Å²) in [4.78, 5) is 4.52. The van der Waals surface area contributed by atoms with Gasteiger partial charge in [-0.15, -0.1) is 0 Å². The van der Waals surface area contributed by atoms with E-state index in [1.165, 1.54) is 51.8 Å². The van der Waals surface area contributed by atoms with Gasteiger partial charge < -0.3 is 0 Å². The van der Waals surface area contributed by atoms with E-state index in [1.54, 1.807) is 20.6 Å². The molecule has 2 rings (SSSR count). The first-order valence-corrected chi connectivity index (χ1v) is 17.1. The van der Waals surface area contributed by atoms with Gasteiger partial charge in [0.15, 0.2) is 0 Å². The summed E-state index contributed by atoms with van der Waals surface area (Å²) in [5, 5.41) is 0. The van der Waals surface area contributed by atoms with Crippen molar-refractivity contribution < 1.29 is 4.39 Å². The van der Waals surface area contributed by atoms with Gasteiger partial charge in [-0.25, -0.2) is 0 Å². The van der Waals surface area contributed by atoms with Crippen molar-refractivity contribution in [1.82, 2.24) is 9.38 Å². The van der Waals surface area contributed by atoms with E-state index < -0.39 is 18.4 Å². The van der Waals surface area contributed by atoms with Crippen LogP contribution in [0.2, 0.25) is 13.3 Å². The fourth-order valence-corrected chi connectivity index (χ4v) is 23.2. The molecule has 0 saturated carbocycles. The Balaban J connectivity index is 2.37. The van der Waals surface area contributed by atoms with E-state index >= 15 is 0 Å². The van der Waals surface area contributed by atoms with E-state index in [1.807, 2.05) is 4.40 Å². The van der Waals surface area contributed by atoms with Gasteiger partial charge in [0.1, 0.15) is 0 Å². The van der Waals surface area contributed by atoms with E-state index in [4.69, 9.17) is 0 Å². The number of hydrogen-bond donors (Lipinski definition) is 0. The standard InChI is InChI=1S/C5H2FN2S.3C4H9.Sn/c6-4-5-8(3-7-4)1-2-9-5;3*1-3-4-2;/h1,3H;3*1,3-4H2,2H3;. The average Bonchev–Trinajstić information content (AvgIpc) is 3.10. The van der Waals surface area contributed by atoms with Crippen molar-refractivity contribution in [3.05, 3.63) is 18.5 Å². The van der Waals surface area contributed by atoms with Crippen LogP contribution in [0.15, 0.2) is 12.5 Å². The van der Waals surface area contributed by atoms with Gasteiger partial charge in [0.25, 0.3) is 0 Å². The first-order valence-electron chi connectivity index (χ1n) is 8.79. The molecule has 0 aliphatic heterocycles. The Morgan fingerprint density at radius 1 is 1.05 bits per heavy atom. The van der Waals surface area contributed by atoms with Crippen molar-refractivity contribution in [2.24, 2.45) is 0 Å². The Morgan fingerprint density at radius 2 is 1.59 bits per heavy atom. The van der Waals surface area contributed by atoms with Crippen LogP contribution < -0.4 is 2.89 Å². The molecule has 2 aromatic heterocycles. The van der Waals surface area contributed by atoms with Gasteiger partial charge >= 0.3 is 142 Å². The molecule has 0 amide bonds. The van der Waals surface area contributed by atoms with E-state index in [9.17, 15) is 4.39 Å². The normalized spacial score (nSPS) is 12.4. The third-order valence-electron chi connectivity index (χ3n) is 4.72. The van der Waals surface area contributed by atoms with Gasteiger partial charge in [-0.2, -0.15) is 0 Å². The van der Waals surface area contributed by atoms with Gasteiger partial charge in [0, 0.05) is 0 Å². The molecule has 0 radical (unpaired) electrons. The van der Waals surface area contributed by atoms with Gasteiger partial charge in [-0.1, -0.05) is 0 Å². The Hall–Kier alpha value is -0.101. The average molecular weight is 431 g/mol. The number of unbranched alkanes of at least 4 members (excludes halogenated alkanes) is 3. The summed E-state index contributed by atoms with van der Waals surface area (Å²) in [5.74, 6) is -0.294. The molecule has 0 atom stereocenters. The molecular formula is C17H29FN2SSn. The maximum atomic E-state index is 13.8. The zero-order valence-electron chi connectivity index (χ0n) is 14.2. The topological polar surface area (TPSA) is 17.3 Å². The van der Waals surface area contributed by atoms with Gasteiger partial charge in [-0.3, -0.25) is 0 Å². The first kappa shape index (κ1) is 18.2. The maximum absolute atomic E-state index is 13.8. The van der Waals surface area contributed by atoms with Gasteiger partial charge in [-0.05, 0) is 0 Å². The summed E-state index contributed by atoms with van der Waals surface area (Å²) in [5.41, 5.74) is 0. The molecule has 0 aromatic carbocycles. The predicted octanol–water partition coefficient (Wildman–Crippen LogP) is 5.59. The molecular weight excluding hydrogens is 402 g/mol. The zero-order valence-corrected chi connectivity index (χ0v) is 17.9. The van der Waals surface area contributed by atoms with Crippen molar-refractivity contribution in [3.63, 3.8) is 0 Å². The van der Waals surface area contributed by atoms with E-state index in [2.05, 4.69) is 32.0 Å². The molecule has 2 heterocycles. The monoisotopic (exact) mass is 432 g/mol. The zero-order chi connectivity index (χ0) is 16.0. The summed E-state index contributed by atoms with van der Waals surface area (Å²) in [6, 6.07) is 0. The minimum absolute atomic E-state index is 0.294. The molecule has 2 nitrogen and oxygen atoms in total. The number of imidazole rings is 1. The van der Waals surface area contributed by atoms with Gasteiger partial charge in [0.05, 0.1) is 0 Å². The quantitative estimate of drug-likeness (QED) is 0.449. The first-order chi connectivity index (χ1) is 10.7. The second-order valence-electron chi connectivity index (χ2n) is 6.43. The molecule has 0 saturated heterocycles. The van der Waals surface area contributed by atoms with Crippen LogP contribution in [-0.2, 0) is 0 Å². The summed E-state index contributed by atoms with van der Waals surface area (Å²) >= 11 is -0.682. The van der Waals surface area contributed by atoms with Gasteiger partial charge in [0.2, 0.25) is 0 Å². The number of rotatable bonds is 10. The number of nitrogens with zero attached hydrogens (tertiary/aromatic N) is 2. The molecule has 124 valence electrons. The molecule has 0 N–H and O–H groups in total. The summed E-state index contributed by atoms with van der Waals surface area (Å²) in [7, 11) is 0. The van der Waals surface area contributed by atoms with Crippen molar-refractivity contribution in [3.8, 4) is 0 Å². The Bertz CT molecular complexity index is 556. The van der Waals surface area contributed by atoms with Crippen LogP contribution in [0.1, 0.15) is 59.3 Å². The van der Waals surface area contributed by atoms with E-state index in [0.717, 1.165) is 4.83 Å². The van der Waals surface area contributed by atoms with Crippen molar-refractivity contribution >= 4 is 37.4 Å². The van der Waals surface area contributed by atoms with Crippen LogP contribution in [0.25, 0.3) is 4.83 Å². The Morgan fingerprint density at radius 3 is 2.05 bits per heavy atom. The third-order valence-corrected chi connectivity index (χ3v) is 24.0. The van der Waals surface area contributed by atoms with Crippen LogP contribution in [0.3, 0.4) is 0 Å². The number of aromatic nitrogens is 2. The third kappa shape index (κ3) is 4.05. The molecule has 0 unspecified atom stereocenters. The Kier molecular flexibility index (Phi) is 7.19. The summed E-state index contributed by atoms with van der Waals surface area (Å²) < 4.78 is 21.6. The molecule has 5 heteroatoms. The van der Waals surface area contributed by atoms with Crippen LogP contribution in [0.4, 0.5) is 4.39 Å². The second-order valence-corrected chi connectivity index (χ2v) is 21.6. The number of halogens is 1. The molecule has 0 aliphatic rings. The predicted molar refractivity (Wildman–Crippen MR) is 97.6 cm³/mol. The number of fused-ring (bicyclic) bond motifs is 1. The van der Waals surface area contributed by atoms with Crippen LogP contribution >= 0.6 is 11.3 Å². The summed E-state index contributed by atoms with van der Waals surface area (Å²) in [6.07, 6.45) is 11.7. The number of thiazole rings is 1. The molecule has 0 spiro atoms. The van der Waals surface area contributed by atoms with Crippen molar-refractivity contribution in [1.29, 1.82) is 0 Å².